The number of furan rings is 2. The highest BCUT2D eigenvalue weighted by Gasteiger charge is 2.21. The minimum absolute atomic E-state index is 0.859. The molecular weight excluding hydrogens is 685 g/mol. The van der Waals surface area contributed by atoms with E-state index in [0.29, 0.717) is 0 Å². The molecule has 9 aromatic carbocycles. The molecule has 4 nitrogen and oxygen atoms in total. The van der Waals surface area contributed by atoms with Gasteiger partial charge in [-0.25, -0.2) is 0 Å². The third-order valence-electron chi connectivity index (χ3n) is 11.4. The van der Waals surface area contributed by atoms with Gasteiger partial charge in [-0.05, 0) is 95.4 Å². The number of para-hydroxylation sites is 3. The van der Waals surface area contributed by atoms with Crippen LogP contribution >= 0.6 is 0 Å². The maximum Gasteiger partial charge on any atom is 0.143 e. The van der Waals surface area contributed by atoms with E-state index in [1.54, 1.807) is 0 Å². The predicted octanol–water partition coefficient (Wildman–Crippen LogP) is 14.9. The average Bonchev–Trinajstić information content (AvgIpc) is 3.95. The molecule has 0 bridgehead atoms. The Hall–Kier alpha value is -7.56. The van der Waals surface area contributed by atoms with E-state index >= 15 is 0 Å². The molecule has 0 N–H and O–H groups in total. The summed E-state index contributed by atoms with van der Waals surface area (Å²) in [6.45, 7) is 0. The SMILES string of the molecule is c1ccc2c(c1)ccc1c2oc2cccc(-c3ccc(N(c4ccc(-n5c6ccccc6c6ccccc65)cc4)c4cccc5oc6ccccc6c45)cc3)c21. The van der Waals surface area contributed by atoms with Crippen LogP contribution in [0.5, 0.6) is 0 Å². The highest BCUT2D eigenvalue weighted by atomic mass is 16.3. The van der Waals surface area contributed by atoms with Crippen molar-refractivity contribution in [2.75, 3.05) is 4.90 Å². The van der Waals surface area contributed by atoms with Crippen LogP contribution in [0.15, 0.2) is 203 Å². The van der Waals surface area contributed by atoms with Gasteiger partial charge in [0.1, 0.15) is 22.3 Å². The van der Waals surface area contributed by atoms with E-state index in [9.17, 15) is 0 Å². The molecule has 0 aliphatic carbocycles. The summed E-state index contributed by atoms with van der Waals surface area (Å²) in [6, 6.07) is 69.0. The summed E-state index contributed by atoms with van der Waals surface area (Å²) < 4.78 is 15.3. The van der Waals surface area contributed by atoms with Gasteiger partial charge in [0.25, 0.3) is 0 Å². The minimum atomic E-state index is 0.859. The summed E-state index contributed by atoms with van der Waals surface area (Å²) >= 11 is 0. The number of aromatic nitrogens is 1. The van der Waals surface area contributed by atoms with Crippen LogP contribution < -0.4 is 4.90 Å². The standard InChI is InChI=1S/C52H32N2O2/c1-2-12-39-33(11-1)25-32-43-50-38(16-9-21-48(50)56-52(39)43)34-23-26-35(27-24-34)53(46-19-10-22-49-51(46)42-15-5-8-20-47(42)55-49)36-28-30-37(31-29-36)54-44-17-6-3-13-40(44)41-14-4-7-18-45(41)54/h1-32H. The van der Waals surface area contributed by atoms with Crippen molar-refractivity contribution in [2.45, 2.75) is 0 Å². The summed E-state index contributed by atoms with van der Waals surface area (Å²) in [6.07, 6.45) is 0. The number of hydrogen-bond donors (Lipinski definition) is 0. The van der Waals surface area contributed by atoms with Crippen LogP contribution in [0.4, 0.5) is 17.1 Å². The van der Waals surface area contributed by atoms with Gasteiger partial charge in [-0.1, -0.05) is 115 Å². The molecule has 0 saturated carbocycles. The lowest BCUT2D eigenvalue weighted by atomic mass is 9.98. The van der Waals surface area contributed by atoms with Crippen LogP contribution in [-0.4, -0.2) is 4.57 Å². The summed E-state index contributed by atoms with van der Waals surface area (Å²) in [4.78, 5) is 2.35. The fraction of sp³-hybridized carbons (Fsp3) is 0. The Labute approximate surface area is 321 Å². The second kappa shape index (κ2) is 12.0. The molecule has 0 aliphatic heterocycles. The monoisotopic (exact) mass is 716 g/mol. The number of fused-ring (bicyclic) bond motifs is 11. The van der Waals surface area contributed by atoms with E-state index in [-0.39, 0.29) is 0 Å². The van der Waals surface area contributed by atoms with Gasteiger partial charge < -0.3 is 18.3 Å². The fourth-order valence-corrected chi connectivity index (χ4v) is 8.91. The zero-order valence-electron chi connectivity index (χ0n) is 30.2. The van der Waals surface area contributed by atoms with Crippen molar-refractivity contribution >= 4 is 93.5 Å². The van der Waals surface area contributed by atoms with E-state index in [0.717, 1.165) is 83.1 Å². The Kier molecular flexibility index (Phi) is 6.60. The quantitative estimate of drug-likeness (QED) is 0.178. The number of benzene rings is 9. The van der Waals surface area contributed by atoms with E-state index in [1.165, 1.54) is 27.2 Å². The van der Waals surface area contributed by atoms with Crippen LogP contribution in [0.2, 0.25) is 0 Å². The smallest absolute Gasteiger partial charge is 0.143 e. The molecule has 12 rings (SSSR count). The predicted molar refractivity (Wildman–Crippen MR) is 233 cm³/mol. The largest absolute Gasteiger partial charge is 0.456 e. The first-order valence-corrected chi connectivity index (χ1v) is 19.0. The lowest BCUT2D eigenvalue weighted by molar-refractivity contribution is 0.669. The third-order valence-corrected chi connectivity index (χ3v) is 11.4. The van der Waals surface area contributed by atoms with Gasteiger partial charge in [0.2, 0.25) is 0 Å². The van der Waals surface area contributed by atoms with Crippen molar-refractivity contribution in [3.8, 4) is 16.8 Å². The van der Waals surface area contributed by atoms with E-state index in [2.05, 4.69) is 191 Å². The summed E-state index contributed by atoms with van der Waals surface area (Å²) in [5, 5.41) is 9.24. The van der Waals surface area contributed by atoms with Crippen LogP contribution in [0.1, 0.15) is 0 Å². The molecular formula is C52H32N2O2. The Morgan fingerprint density at radius 2 is 0.964 bits per heavy atom. The Bertz CT molecular complexity index is 3420. The topological polar surface area (TPSA) is 34.5 Å². The van der Waals surface area contributed by atoms with Crippen LogP contribution in [0.25, 0.3) is 93.3 Å². The highest BCUT2D eigenvalue weighted by Crippen LogP contribution is 2.45. The van der Waals surface area contributed by atoms with Crippen LogP contribution in [-0.2, 0) is 0 Å². The summed E-state index contributed by atoms with van der Waals surface area (Å²) in [5.41, 5.74) is 12.5. The molecule has 0 spiro atoms. The first-order valence-electron chi connectivity index (χ1n) is 19.0. The molecule has 0 fully saturated rings. The van der Waals surface area contributed by atoms with E-state index in [1.807, 2.05) is 12.1 Å². The molecule has 12 aromatic rings. The minimum Gasteiger partial charge on any atom is -0.456 e. The summed E-state index contributed by atoms with van der Waals surface area (Å²) in [5.74, 6) is 0. The first kappa shape index (κ1) is 30.9. The van der Waals surface area contributed by atoms with E-state index in [4.69, 9.17) is 8.83 Å². The molecule has 0 atom stereocenters. The van der Waals surface area contributed by atoms with Gasteiger partial charge in [0, 0.05) is 49.4 Å². The maximum atomic E-state index is 6.54. The lowest BCUT2D eigenvalue weighted by Gasteiger charge is -2.27. The van der Waals surface area contributed by atoms with Gasteiger partial charge in [0.15, 0.2) is 0 Å². The van der Waals surface area contributed by atoms with Crippen molar-refractivity contribution < 1.29 is 8.83 Å². The molecule has 0 unspecified atom stereocenters. The maximum absolute atomic E-state index is 6.54. The number of anilines is 3. The van der Waals surface area contributed by atoms with Gasteiger partial charge in [0.05, 0.1) is 22.1 Å². The summed E-state index contributed by atoms with van der Waals surface area (Å²) in [7, 11) is 0. The van der Waals surface area contributed by atoms with Crippen molar-refractivity contribution in [1.82, 2.24) is 4.57 Å². The van der Waals surface area contributed by atoms with Gasteiger partial charge in [-0.3, -0.25) is 0 Å². The molecule has 0 aliphatic rings. The number of rotatable bonds is 5. The highest BCUT2D eigenvalue weighted by molar-refractivity contribution is 6.19. The van der Waals surface area contributed by atoms with Crippen molar-refractivity contribution in [3.05, 3.63) is 194 Å². The molecule has 56 heavy (non-hydrogen) atoms. The Morgan fingerprint density at radius 3 is 1.71 bits per heavy atom. The third kappa shape index (κ3) is 4.53. The van der Waals surface area contributed by atoms with Crippen molar-refractivity contribution in [2.24, 2.45) is 0 Å². The van der Waals surface area contributed by atoms with Crippen molar-refractivity contribution in [3.63, 3.8) is 0 Å². The molecule has 3 heterocycles. The van der Waals surface area contributed by atoms with Gasteiger partial charge >= 0.3 is 0 Å². The second-order valence-electron chi connectivity index (χ2n) is 14.5. The van der Waals surface area contributed by atoms with Crippen LogP contribution in [0, 0.1) is 0 Å². The Balaban J connectivity index is 1.03. The van der Waals surface area contributed by atoms with E-state index < -0.39 is 0 Å². The zero-order valence-corrected chi connectivity index (χ0v) is 30.2. The average molecular weight is 717 g/mol. The van der Waals surface area contributed by atoms with Crippen LogP contribution in [0.3, 0.4) is 0 Å². The number of hydrogen-bond acceptors (Lipinski definition) is 3. The molecule has 4 heteroatoms. The molecule has 3 aromatic heterocycles. The first-order chi connectivity index (χ1) is 27.8. The molecule has 0 saturated heterocycles. The van der Waals surface area contributed by atoms with Gasteiger partial charge in [-0.15, -0.1) is 0 Å². The zero-order chi connectivity index (χ0) is 36.7. The fourth-order valence-electron chi connectivity index (χ4n) is 8.91. The van der Waals surface area contributed by atoms with Crippen molar-refractivity contribution in [1.29, 1.82) is 0 Å². The second-order valence-corrected chi connectivity index (χ2v) is 14.5. The Morgan fingerprint density at radius 1 is 0.375 bits per heavy atom. The molecule has 0 radical (unpaired) electrons. The molecule has 0 amide bonds. The molecule has 262 valence electrons. The lowest BCUT2D eigenvalue weighted by Crippen LogP contribution is -2.10. The normalized spacial score (nSPS) is 11.9. The van der Waals surface area contributed by atoms with Gasteiger partial charge in [-0.2, -0.15) is 0 Å². The number of nitrogens with zero attached hydrogens (tertiary/aromatic N) is 2.